The summed E-state index contributed by atoms with van der Waals surface area (Å²) in [6.45, 7) is 18.7. The second-order valence-electron chi connectivity index (χ2n) is 5.00. The van der Waals surface area contributed by atoms with Gasteiger partial charge in [0.2, 0.25) is 0 Å². The second kappa shape index (κ2) is 6.10. The van der Waals surface area contributed by atoms with Crippen LogP contribution >= 0.6 is 0 Å². The number of nitrogens with zero attached hydrogens (tertiary/aromatic N) is 1. The minimum atomic E-state index is 0.648. The Bertz CT molecular complexity index is 170. The van der Waals surface area contributed by atoms with Crippen LogP contribution in [0, 0.1) is 11.8 Å². The van der Waals surface area contributed by atoms with E-state index in [1.807, 2.05) is 0 Å². The minimum Gasteiger partial charge on any atom is -0.372 e. The van der Waals surface area contributed by atoms with E-state index in [1.54, 1.807) is 0 Å². The summed E-state index contributed by atoms with van der Waals surface area (Å²) in [5, 5.41) is 0. The van der Waals surface area contributed by atoms with E-state index in [2.05, 4.69) is 53.0 Å². The van der Waals surface area contributed by atoms with Gasteiger partial charge in [0.15, 0.2) is 0 Å². The van der Waals surface area contributed by atoms with Crippen molar-refractivity contribution in [3.8, 4) is 0 Å². The normalized spacial score (nSPS) is 13.4. The molecule has 14 heavy (non-hydrogen) atoms. The fourth-order valence-corrected chi connectivity index (χ4v) is 2.02. The van der Waals surface area contributed by atoms with E-state index in [-0.39, 0.29) is 0 Å². The molecule has 0 saturated heterocycles. The predicted octanol–water partition coefficient (Wildman–Crippen LogP) is 3.91. The van der Waals surface area contributed by atoms with Crippen LogP contribution in [0.5, 0.6) is 0 Å². The Labute approximate surface area is 90.2 Å². The fourth-order valence-electron chi connectivity index (χ4n) is 2.02. The van der Waals surface area contributed by atoms with Crippen molar-refractivity contribution in [2.75, 3.05) is 6.54 Å². The van der Waals surface area contributed by atoms with Crippen molar-refractivity contribution in [3.63, 3.8) is 0 Å². The molecule has 0 N–H and O–H groups in total. The van der Waals surface area contributed by atoms with Crippen molar-refractivity contribution in [2.45, 2.75) is 54.0 Å². The average Bonchev–Trinajstić information content (AvgIpc) is 2.02. The molecule has 1 atom stereocenters. The molecule has 0 aromatic heterocycles. The average molecular weight is 197 g/mol. The summed E-state index contributed by atoms with van der Waals surface area (Å²) < 4.78 is 0. The SMILES string of the molecule is C=C(C)N(CC(C)C)C(CC)C(C)C. The molecule has 84 valence electrons. The van der Waals surface area contributed by atoms with Crippen LogP contribution in [0.3, 0.4) is 0 Å². The summed E-state index contributed by atoms with van der Waals surface area (Å²) in [4.78, 5) is 2.47. The van der Waals surface area contributed by atoms with Gasteiger partial charge >= 0.3 is 0 Å². The molecule has 1 unspecified atom stereocenters. The standard InChI is InChI=1S/C13H27N/c1-8-13(11(4)5)14(12(6)7)9-10(2)3/h10-11,13H,6,8-9H2,1-5,7H3. The van der Waals surface area contributed by atoms with Gasteiger partial charge < -0.3 is 4.90 Å². The van der Waals surface area contributed by atoms with Crippen molar-refractivity contribution in [1.29, 1.82) is 0 Å². The minimum absolute atomic E-state index is 0.648. The molecule has 0 rings (SSSR count). The molecule has 0 aliphatic rings. The molecule has 0 amide bonds. The van der Waals surface area contributed by atoms with Crippen LogP contribution in [0.25, 0.3) is 0 Å². The van der Waals surface area contributed by atoms with E-state index in [0.717, 1.165) is 6.54 Å². The maximum absolute atomic E-state index is 4.09. The molecular formula is C13H27N. The molecular weight excluding hydrogens is 170 g/mol. The van der Waals surface area contributed by atoms with E-state index in [1.165, 1.54) is 12.1 Å². The van der Waals surface area contributed by atoms with Crippen molar-refractivity contribution < 1.29 is 0 Å². The van der Waals surface area contributed by atoms with Crippen LogP contribution in [0.2, 0.25) is 0 Å². The summed E-state index contributed by atoms with van der Waals surface area (Å²) in [6, 6.07) is 0.648. The van der Waals surface area contributed by atoms with Crippen LogP contribution in [-0.2, 0) is 0 Å². The number of hydrogen-bond acceptors (Lipinski definition) is 1. The first-order valence-corrected chi connectivity index (χ1v) is 5.82. The quantitative estimate of drug-likeness (QED) is 0.624. The van der Waals surface area contributed by atoms with Gasteiger partial charge in [0.1, 0.15) is 0 Å². The molecule has 1 nitrogen and oxygen atoms in total. The van der Waals surface area contributed by atoms with Gasteiger partial charge in [-0.05, 0) is 25.2 Å². The molecule has 0 bridgehead atoms. The number of hydrogen-bond donors (Lipinski definition) is 0. The Hall–Kier alpha value is -0.460. The first-order chi connectivity index (χ1) is 6.40. The van der Waals surface area contributed by atoms with Crippen molar-refractivity contribution in [2.24, 2.45) is 11.8 Å². The van der Waals surface area contributed by atoms with Crippen LogP contribution in [-0.4, -0.2) is 17.5 Å². The zero-order valence-corrected chi connectivity index (χ0v) is 10.8. The third kappa shape index (κ3) is 4.17. The third-order valence-electron chi connectivity index (χ3n) is 2.64. The Kier molecular flexibility index (Phi) is 5.90. The summed E-state index contributed by atoms with van der Waals surface area (Å²) in [7, 11) is 0. The van der Waals surface area contributed by atoms with Gasteiger partial charge in [-0.15, -0.1) is 0 Å². The van der Waals surface area contributed by atoms with Gasteiger partial charge in [-0.25, -0.2) is 0 Å². The van der Waals surface area contributed by atoms with E-state index in [4.69, 9.17) is 0 Å². The van der Waals surface area contributed by atoms with Crippen LogP contribution in [0.15, 0.2) is 12.3 Å². The van der Waals surface area contributed by atoms with Gasteiger partial charge in [0, 0.05) is 18.3 Å². The molecule has 0 fully saturated rings. The molecule has 0 aliphatic carbocycles. The van der Waals surface area contributed by atoms with Crippen LogP contribution in [0.4, 0.5) is 0 Å². The highest BCUT2D eigenvalue weighted by Gasteiger charge is 2.20. The molecule has 0 radical (unpaired) electrons. The van der Waals surface area contributed by atoms with E-state index >= 15 is 0 Å². The van der Waals surface area contributed by atoms with Gasteiger partial charge in [-0.3, -0.25) is 0 Å². The van der Waals surface area contributed by atoms with Gasteiger partial charge in [-0.2, -0.15) is 0 Å². The van der Waals surface area contributed by atoms with E-state index < -0.39 is 0 Å². The number of allylic oxidation sites excluding steroid dienone is 1. The van der Waals surface area contributed by atoms with Crippen LogP contribution < -0.4 is 0 Å². The summed E-state index contributed by atoms with van der Waals surface area (Å²) >= 11 is 0. The first-order valence-electron chi connectivity index (χ1n) is 5.82. The highest BCUT2D eigenvalue weighted by atomic mass is 15.2. The Morgan fingerprint density at radius 2 is 1.71 bits per heavy atom. The van der Waals surface area contributed by atoms with E-state index in [9.17, 15) is 0 Å². The first kappa shape index (κ1) is 13.5. The Morgan fingerprint density at radius 1 is 1.21 bits per heavy atom. The zero-order valence-electron chi connectivity index (χ0n) is 10.8. The highest BCUT2D eigenvalue weighted by Crippen LogP contribution is 2.19. The second-order valence-corrected chi connectivity index (χ2v) is 5.00. The molecule has 0 heterocycles. The molecule has 0 aromatic carbocycles. The monoisotopic (exact) mass is 197 g/mol. The lowest BCUT2D eigenvalue weighted by Gasteiger charge is -2.37. The largest absolute Gasteiger partial charge is 0.372 e. The molecule has 0 aromatic rings. The topological polar surface area (TPSA) is 3.24 Å². The highest BCUT2D eigenvalue weighted by molar-refractivity contribution is 4.93. The van der Waals surface area contributed by atoms with Gasteiger partial charge in [-0.1, -0.05) is 41.2 Å². The van der Waals surface area contributed by atoms with E-state index in [0.29, 0.717) is 17.9 Å². The van der Waals surface area contributed by atoms with Gasteiger partial charge in [0.05, 0.1) is 0 Å². The van der Waals surface area contributed by atoms with Crippen LogP contribution in [0.1, 0.15) is 48.0 Å². The summed E-state index contributed by atoms with van der Waals surface area (Å²) in [5.41, 5.74) is 1.21. The predicted molar refractivity (Wildman–Crippen MR) is 65.3 cm³/mol. The number of rotatable bonds is 6. The maximum Gasteiger partial charge on any atom is 0.0307 e. The van der Waals surface area contributed by atoms with Crippen molar-refractivity contribution in [1.82, 2.24) is 4.90 Å². The fraction of sp³-hybridized carbons (Fsp3) is 0.846. The summed E-state index contributed by atoms with van der Waals surface area (Å²) in [5.74, 6) is 1.41. The maximum atomic E-state index is 4.09. The zero-order chi connectivity index (χ0) is 11.3. The molecule has 0 aliphatic heterocycles. The smallest absolute Gasteiger partial charge is 0.0307 e. The molecule has 0 spiro atoms. The van der Waals surface area contributed by atoms with Crippen molar-refractivity contribution >= 4 is 0 Å². The lowest BCUT2D eigenvalue weighted by atomic mass is 9.98. The van der Waals surface area contributed by atoms with Crippen molar-refractivity contribution in [3.05, 3.63) is 12.3 Å². The summed E-state index contributed by atoms with van der Waals surface area (Å²) in [6.07, 6.45) is 1.21. The lowest BCUT2D eigenvalue weighted by Crippen LogP contribution is -2.39. The molecule has 1 heteroatoms. The Morgan fingerprint density at radius 3 is 1.93 bits per heavy atom. The van der Waals surface area contributed by atoms with Gasteiger partial charge in [0.25, 0.3) is 0 Å². The Balaban J connectivity index is 4.52. The third-order valence-corrected chi connectivity index (χ3v) is 2.64. The molecule has 0 saturated carbocycles. The lowest BCUT2D eigenvalue weighted by molar-refractivity contribution is 0.178.